The summed E-state index contributed by atoms with van der Waals surface area (Å²) in [5.74, 6) is 0.0644. The van der Waals surface area contributed by atoms with Gasteiger partial charge < -0.3 is 9.84 Å². The predicted octanol–water partition coefficient (Wildman–Crippen LogP) is 3.39. The number of ether oxygens (including phenoxy) is 1. The van der Waals surface area contributed by atoms with Crippen LogP contribution in [-0.4, -0.2) is 14.7 Å². The number of benzene rings is 1. The lowest BCUT2D eigenvalue weighted by atomic mass is 10.0. The smallest absolute Gasteiger partial charge is 0.416 e. The molecule has 0 radical (unpaired) electrons. The van der Waals surface area contributed by atoms with E-state index in [4.69, 9.17) is 4.74 Å². The SMILES string of the molecule is CC[n+]1c(O)c(-c2cccc(C(F)(F)F)c2)c(=O)n2c1COC2c1cnc(C)s1. The predicted molar refractivity (Wildman–Crippen MR) is 98.5 cm³/mol. The second kappa shape index (κ2) is 6.96. The Labute approximate surface area is 167 Å². The van der Waals surface area contributed by atoms with E-state index in [9.17, 15) is 23.1 Å². The molecule has 3 heterocycles. The van der Waals surface area contributed by atoms with Crippen LogP contribution in [0.1, 0.15) is 34.4 Å². The van der Waals surface area contributed by atoms with Crippen LogP contribution in [0.25, 0.3) is 11.1 Å². The van der Waals surface area contributed by atoms with Crippen LogP contribution in [0, 0.1) is 6.92 Å². The maximum atomic E-state index is 13.3. The molecular formula is C19H17F3N3O3S+. The lowest BCUT2D eigenvalue weighted by Gasteiger charge is -2.12. The molecule has 10 heteroatoms. The summed E-state index contributed by atoms with van der Waals surface area (Å²) in [4.78, 5) is 18.2. The molecule has 6 nitrogen and oxygen atoms in total. The molecular weight excluding hydrogens is 407 g/mol. The lowest BCUT2D eigenvalue weighted by molar-refractivity contribution is -0.710. The first-order chi connectivity index (χ1) is 13.7. The molecule has 3 aromatic rings. The van der Waals surface area contributed by atoms with Gasteiger partial charge in [-0.15, -0.1) is 11.3 Å². The minimum absolute atomic E-state index is 0.00837. The van der Waals surface area contributed by atoms with Crippen LogP contribution in [0.3, 0.4) is 0 Å². The summed E-state index contributed by atoms with van der Waals surface area (Å²) in [6, 6.07) is 4.38. The number of aromatic nitrogens is 3. The quantitative estimate of drug-likeness (QED) is 0.655. The Balaban J connectivity index is 1.97. The minimum Gasteiger partial charge on any atom is -0.477 e. The Morgan fingerprint density at radius 2 is 2.17 bits per heavy atom. The molecule has 1 atom stereocenters. The summed E-state index contributed by atoms with van der Waals surface area (Å²) in [5, 5.41) is 11.5. The van der Waals surface area contributed by atoms with Gasteiger partial charge in [0.2, 0.25) is 6.23 Å². The standard InChI is InChI=1S/C19H16F3N3O3S/c1-3-24-14-9-28-18(13-8-23-10(2)29-13)25(14)17(27)15(16(24)26)11-5-4-6-12(7-11)19(20,21)22/h4-8,18H,3,9H2,1-2H3/p+1. The highest BCUT2D eigenvalue weighted by Gasteiger charge is 2.40. The van der Waals surface area contributed by atoms with Crippen LogP contribution in [0.2, 0.25) is 0 Å². The van der Waals surface area contributed by atoms with Crippen molar-refractivity contribution in [1.82, 2.24) is 9.55 Å². The van der Waals surface area contributed by atoms with Crippen molar-refractivity contribution in [3.8, 4) is 17.0 Å². The highest BCUT2D eigenvalue weighted by Crippen LogP contribution is 2.35. The largest absolute Gasteiger partial charge is 0.477 e. The van der Waals surface area contributed by atoms with E-state index in [1.807, 2.05) is 6.92 Å². The summed E-state index contributed by atoms with van der Waals surface area (Å²) in [5.41, 5.74) is -1.72. The first kappa shape index (κ1) is 19.6. The molecule has 0 bridgehead atoms. The Morgan fingerprint density at radius 1 is 1.41 bits per heavy atom. The maximum Gasteiger partial charge on any atom is 0.416 e. The number of aromatic hydroxyl groups is 1. The molecule has 0 saturated heterocycles. The molecule has 2 aromatic heterocycles. The van der Waals surface area contributed by atoms with Crippen LogP contribution in [0.5, 0.6) is 5.88 Å². The number of halogens is 3. The summed E-state index contributed by atoms with van der Waals surface area (Å²) < 4.78 is 48.1. The Bertz CT molecular complexity index is 1150. The van der Waals surface area contributed by atoms with Gasteiger partial charge in [-0.3, -0.25) is 0 Å². The fourth-order valence-electron chi connectivity index (χ4n) is 3.48. The number of fused-ring (bicyclic) bond motifs is 1. The van der Waals surface area contributed by atoms with Crippen molar-refractivity contribution in [2.24, 2.45) is 0 Å². The third-order valence-corrected chi connectivity index (χ3v) is 5.73. The van der Waals surface area contributed by atoms with Gasteiger partial charge in [0.1, 0.15) is 0 Å². The van der Waals surface area contributed by atoms with E-state index in [-0.39, 0.29) is 23.6 Å². The van der Waals surface area contributed by atoms with Gasteiger partial charge in [0.05, 0.1) is 22.0 Å². The van der Waals surface area contributed by atoms with Gasteiger partial charge >= 0.3 is 11.7 Å². The molecule has 0 amide bonds. The van der Waals surface area contributed by atoms with Gasteiger partial charge in [-0.1, -0.05) is 12.1 Å². The van der Waals surface area contributed by atoms with Crippen LogP contribution in [-0.2, 0) is 24.1 Å². The van der Waals surface area contributed by atoms with Gasteiger partial charge in [0, 0.05) is 6.20 Å². The third kappa shape index (κ3) is 3.22. The molecule has 0 aliphatic carbocycles. The normalized spacial score (nSPS) is 16.2. The molecule has 29 heavy (non-hydrogen) atoms. The zero-order chi connectivity index (χ0) is 20.9. The van der Waals surface area contributed by atoms with Crippen molar-refractivity contribution in [3.05, 3.63) is 62.1 Å². The zero-order valence-corrected chi connectivity index (χ0v) is 16.3. The van der Waals surface area contributed by atoms with E-state index >= 15 is 0 Å². The number of rotatable bonds is 3. The summed E-state index contributed by atoms with van der Waals surface area (Å²) in [7, 11) is 0. The van der Waals surface area contributed by atoms with Gasteiger partial charge in [-0.05, 0) is 31.5 Å². The van der Waals surface area contributed by atoms with Crippen molar-refractivity contribution in [2.45, 2.75) is 39.4 Å². The van der Waals surface area contributed by atoms with E-state index in [2.05, 4.69) is 4.98 Å². The van der Waals surface area contributed by atoms with Gasteiger partial charge in [0.15, 0.2) is 12.2 Å². The number of hydrogen-bond donors (Lipinski definition) is 1. The third-order valence-electron chi connectivity index (χ3n) is 4.78. The maximum absolute atomic E-state index is 13.3. The molecule has 1 aromatic carbocycles. The second-order valence-corrected chi connectivity index (χ2v) is 7.82. The molecule has 152 valence electrons. The Kier molecular flexibility index (Phi) is 4.70. The van der Waals surface area contributed by atoms with Crippen LogP contribution < -0.4 is 10.1 Å². The Hall–Kier alpha value is -2.72. The van der Waals surface area contributed by atoms with E-state index in [1.165, 1.54) is 32.6 Å². The lowest BCUT2D eigenvalue weighted by Crippen LogP contribution is -2.44. The van der Waals surface area contributed by atoms with E-state index in [1.54, 1.807) is 13.1 Å². The molecule has 4 rings (SSSR count). The molecule has 1 unspecified atom stereocenters. The number of alkyl halides is 3. The molecule has 0 fully saturated rings. The summed E-state index contributed by atoms with van der Waals surface area (Å²) >= 11 is 1.37. The number of hydrogen-bond acceptors (Lipinski definition) is 5. The molecule has 0 saturated carbocycles. The molecule has 1 aliphatic rings. The highest BCUT2D eigenvalue weighted by atomic mass is 32.1. The van der Waals surface area contributed by atoms with Crippen molar-refractivity contribution in [2.75, 3.05) is 0 Å². The second-order valence-electron chi connectivity index (χ2n) is 6.56. The van der Waals surface area contributed by atoms with Crippen LogP contribution in [0.4, 0.5) is 13.2 Å². The number of nitrogens with zero attached hydrogens (tertiary/aromatic N) is 3. The van der Waals surface area contributed by atoms with Crippen LogP contribution >= 0.6 is 11.3 Å². The van der Waals surface area contributed by atoms with Gasteiger partial charge in [-0.25, -0.2) is 9.78 Å². The molecule has 0 spiro atoms. The van der Waals surface area contributed by atoms with Crippen molar-refractivity contribution >= 4 is 11.3 Å². The molecule has 1 aliphatic heterocycles. The number of thiazole rings is 1. The van der Waals surface area contributed by atoms with Crippen LogP contribution in [0.15, 0.2) is 35.3 Å². The molecule has 1 N–H and O–H groups in total. The first-order valence-corrected chi connectivity index (χ1v) is 9.65. The minimum atomic E-state index is -4.56. The van der Waals surface area contributed by atoms with Gasteiger partial charge in [0.25, 0.3) is 11.7 Å². The fraction of sp³-hybridized carbons (Fsp3) is 0.316. The Morgan fingerprint density at radius 3 is 2.79 bits per heavy atom. The summed E-state index contributed by atoms with van der Waals surface area (Å²) in [6.07, 6.45) is -3.70. The summed E-state index contributed by atoms with van der Waals surface area (Å²) in [6.45, 7) is 3.99. The van der Waals surface area contributed by atoms with E-state index in [0.29, 0.717) is 17.2 Å². The first-order valence-electron chi connectivity index (χ1n) is 8.84. The van der Waals surface area contributed by atoms with Gasteiger partial charge in [-0.2, -0.15) is 22.3 Å². The van der Waals surface area contributed by atoms with Crippen molar-refractivity contribution < 1.29 is 27.6 Å². The number of aryl methyl sites for hydroxylation is 1. The zero-order valence-electron chi connectivity index (χ0n) is 15.5. The topological polar surface area (TPSA) is 68.2 Å². The van der Waals surface area contributed by atoms with E-state index in [0.717, 1.165) is 17.1 Å². The monoisotopic (exact) mass is 424 g/mol. The highest BCUT2D eigenvalue weighted by molar-refractivity contribution is 7.11. The fourth-order valence-corrected chi connectivity index (χ4v) is 4.30. The average Bonchev–Trinajstić information content (AvgIpc) is 3.28. The average molecular weight is 424 g/mol. The van der Waals surface area contributed by atoms with Crippen molar-refractivity contribution in [3.63, 3.8) is 0 Å². The van der Waals surface area contributed by atoms with E-state index < -0.39 is 23.5 Å². The van der Waals surface area contributed by atoms with Crippen molar-refractivity contribution in [1.29, 1.82) is 0 Å².